The van der Waals surface area contributed by atoms with E-state index in [-0.39, 0.29) is 80.4 Å². The molecule has 2 atom stereocenters. The van der Waals surface area contributed by atoms with Gasteiger partial charge in [0.05, 0.1) is 67.6 Å². The molecule has 4 rings (SSSR count). The number of hydrogen-bond donors (Lipinski definition) is 2. The average molecular weight is 672 g/mol. The van der Waals surface area contributed by atoms with Crippen LogP contribution in [0.3, 0.4) is 0 Å². The summed E-state index contributed by atoms with van der Waals surface area (Å²) in [5, 5.41) is 9.03. The third kappa shape index (κ3) is 7.80. The first-order valence-electron chi connectivity index (χ1n) is 12.2. The first-order valence-corrected chi connectivity index (χ1v) is 17.3. The molecule has 2 aromatic rings. The van der Waals surface area contributed by atoms with Crippen molar-refractivity contribution >= 4 is 89.3 Å². The quantitative estimate of drug-likeness (QED) is 0.385. The topological polar surface area (TPSA) is 133 Å². The van der Waals surface area contributed by atoms with Crippen molar-refractivity contribution in [3.63, 3.8) is 0 Å². The molecule has 0 saturated carbocycles. The monoisotopic (exact) mass is 670 g/mol. The second kappa shape index (κ2) is 12.7. The lowest BCUT2D eigenvalue weighted by atomic mass is 10.2. The van der Waals surface area contributed by atoms with Gasteiger partial charge in [-0.05, 0) is 37.1 Å². The van der Waals surface area contributed by atoms with Gasteiger partial charge in [0.1, 0.15) is 0 Å². The molecule has 2 amide bonds. The average Bonchev–Trinajstić information content (AvgIpc) is 3.42. The fourth-order valence-corrected chi connectivity index (χ4v) is 8.90. The van der Waals surface area contributed by atoms with Crippen LogP contribution >= 0.6 is 46.4 Å². The molecule has 16 heteroatoms. The molecule has 0 spiro atoms. The van der Waals surface area contributed by atoms with Crippen LogP contribution < -0.4 is 10.6 Å². The number of rotatable bonds is 9. The summed E-state index contributed by atoms with van der Waals surface area (Å²) in [6.45, 7) is -0.741. The van der Waals surface area contributed by atoms with E-state index in [1.54, 1.807) is 36.4 Å². The fourth-order valence-electron chi connectivity index (χ4n) is 4.75. The van der Waals surface area contributed by atoms with Gasteiger partial charge < -0.3 is 10.6 Å². The van der Waals surface area contributed by atoms with Gasteiger partial charge in [0.2, 0.25) is 11.8 Å². The number of carbonyl (C=O) groups excluding carboxylic acids is 2. The number of hydrogen-bond acceptors (Lipinski definition) is 8. The number of carbonyl (C=O) groups is 2. The number of nitrogens with zero attached hydrogens (tertiary/aromatic N) is 2. The number of anilines is 2. The Labute approximate surface area is 252 Å². The van der Waals surface area contributed by atoms with Gasteiger partial charge in [0, 0.05) is 12.1 Å². The zero-order valence-electron chi connectivity index (χ0n) is 20.9. The van der Waals surface area contributed by atoms with Crippen molar-refractivity contribution in [3.05, 3.63) is 56.5 Å². The van der Waals surface area contributed by atoms with Crippen LogP contribution in [0.15, 0.2) is 36.4 Å². The molecule has 2 aliphatic rings. The van der Waals surface area contributed by atoms with Gasteiger partial charge in [-0.15, -0.1) is 0 Å². The largest absolute Gasteiger partial charge is 0.324 e. The summed E-state index contributed by atoms with van der Waals surface area (Å²) in [6, 6.07) is 8.09. The maximum Gasteiger partial charge on any atom is 0.240 e. The van der Waals surface area contributed by atoms with Gasteiger partial charge in [-0.25, -0.2) is 26.9 Å². The molecule has 0 aliphatic carbocycles. The standard InChI is InChI=1S/C24H26Cl4N4O6S2/c25-17-3-1-5-19(23(17)27)29-21(33)11-31(15-7-9-39(35,36)13-15)32(16-8-10-40(37,38)14-16)12-22(34)30-20-6-2-4-18(26)24(20)28/h1-6,15-16H,7-14H2,(H,29,33)(H,30,34). The molecule has 2 fully saturated rings. The maximum atomic E-state index is 13.2. The molecule has 0 aromatic heterocycles. The van der Waals surface area contributed by atoms with Crippen molar-refractivity contribution in [2.75, 3.05) is 46.7 Å². The first-order chi connectivity index (χ1) is 18.7. The lowest BCUT2D eigenvalue weighted by molar-refractivity contribution is -0.137. The van der Waals surface area contributed by atoms with E-state index in [0.29, 0.717) is 0 Å². The Hall–Kier alpha value is -1.64. The second-order valence-electron chi connectivity index (χ2n) is 9.61. The fraction of sp³-hybridized carbons (Fsp3) is 0.417. The van der Waals surface area contributed by atoms with Gasteiger partial charge in [0.25, 0.3) is 0 Å². The van der Waals surface area contributed by atoms with Gasteiger partial charge in [-0.3, -0.25) is 9.59 Å². The number of benzene rings is 2. The van der Waals surface area contributed by atoms with Crippen molar-refractivity contribution < 1.29 is 26.4 Å². The Balaban J connectivity index is 1.64. The molecule has 40 heavy (non-hydrogen) atoms. The van der Waals surface area contributed by atoms with Crippen LogP contribution in [0, 0.1) is 0 Å². The maximum absolute atomic E-state index is 13.2. The SMILES string of the molecule is O=C(CN(C1CCS(=O)(=O)C1)N(CC(=O)Nc1cccc(Cl)c1Cl)C1CCS(=O)(=O)C1)Nc1cccc(Cl)c1Cl. The number of sulfone groups is 2. The second-order valence-corrected chi connectivity index (χ2v) is 15.6. The van der Waals surface area contributed by atoms with Crippen LogP contribution in [-0.4, -0.2) is 86.9 Å². The molecule has 10 nitrogen and oxygen atoms in total. The predicted octanol–water partition coefficient (Wildman–Crippen LogP) is 3.77. The zero-order chi connectivity index (χ0) is 29.2. The number of hydrazine groups is 1. The lowest BCUT2D eigenvalue weighted by Gasteiger charge is -2.41. The third-order valence-electron chi connectivity index (χ3n) is 6.65. The minimum absolute atomic E-state index is 0.100. The Morgan fingerprint density at radius 3 is 1.40 bits per heavy atom. The highest BCUT2D eigenvalue weighted by atomic mass is 35.5. The summed E-state index contributed by atoms with van der Waals surface area (Å²) >= 11 is 24.5. The first kappa shape index (κ1) is 31.3. The summed E-state index contributed by atoms with van der Waals surface area (Å²) in [5.41, 5.74) is 0.503. The minimum Gasteiger partial charge on any atom is -0.324 e. The van der Waals surface area contributed by atoms with Crippen molar-refractivity contribution in [3.8, 4) is 0 Å². The van der Waals surface area contributed by atoms with E-state index in [1.165, 1.54) is 10.0 Å². The Kier molecular flexibility index (Phi) is 9.94. The van der Waals surface area contributed by atoms with E-state index in [9.17, 15) is 26.4 Å². The summed E-state index contributed by atoms with van der Waals surface area (Å²) < 4.78 is 49.6. The van der Waals surface area contributed by atoms with Crippen molar-refractivity contribution in [1.29, 1.82) is 0 Å². The highest BCUT2D eigenvalue weighted by Crippen LogP contribution is 2.31. The molecule has 2 saturated heterocycles. The molecule has 0 bridgehead atoms. The van der Waals surface area contributed by atoms with Gasteiger partial charge >= 0.3 is 0 Å². The normalized spacial score (nSPS) is 21.6. The summed E-state index contributed by atoms with van der Waals surface area (Å²) in [7, 11) is -6.81. The number of nitrogens with one attached hydrogen (secondary N) is 2. The Morgan fingerprint density at radius 1 is 0.700 bits per heavy atom. The van der Waals surface area contributed by atoms with Gasteiger partial charge in [-0.2, -0.15) is 0 Å². The van der Waals surface area contributed by atoms with E-state index >= 15 is 0 Å². The van der Waals surface area contributed by atoms with Crippen LogP contribution in [0.4, 0.5) is 11.4 Å². The van der Waals surface area contributed by atoms with Crippen molar-refractivity contribution in [1.82, 2.24) is 10.0 Å². The zero-order valence-corrected chi connectivity index (χ0v) is 25.6. The summed E-state index contributed by atoms with van der Waals surface area (Å²) in [4.78, 5) is 26.5. The van der Waals surface area contributed by atoms with E-state index in [1.807, 2.05) is 0 Å². The number of amides is 2. The van der Waals surface area contributed by atoms with Gasteiger partial charge in [0.15, 0.2) is 19.7 Å². The summed E-state index contributed by atoms with van der Waals surface area (Å²) in [5.74, 6) is -1.82. The minimum atomic E-state index is -3.40. The molecule has 2 unspecified atom stereocenters. The van der Waals surface area contributed by atoms with Crippen LogP contribution in [0.25, 0.3) is 0 Å². The lowest BCUT2D eigenvalue weighted by Crippen LogP contribution is -2.58. The molecule has 2 N–H and O–H groups in total. The predicted molar refractivity (Wildman–Crippen MR) is 158 cm³/mol. The Morgan fingerprint density at radius 2 is 1.07 bits per heavy atom. The van der Waals surface area contributed by atoms with E-state index in [0.717, 1.165) is 0 Å². The molecular formula is C24H26Cl4N4O6S2. The molecule has 0 radical (unpaired) electrons. The smallest absolute Gasteiger partial charge is 0.240 e. The Bertz CT molecular complexity index is 1410. The van der Waals surface area contributed by atoms with Crippen molar-refractivity contribution in [2.45, 2.75) is 24.9 Å². The molecule has 218 valence electrons. The molecule has 2 aliphatic heterocycles. The van der Waals surface area contributed by atoms with Crippen LogP contribution in [0.1, 0.15) is 12.8 Å². The number of halogens is 4. The van der Waals surface area contributed by atoms with E-state index < -0.39 is 43.6 Å². The highest BCUT2D eigenvalue weighted by Gasteiger charge is 2.42. The molecule has 2 aromatic carbocycles. The van der Waals surface area contributed by atoms with E-state index in [2.05, 4.69) is 10.6 Å². The van der Waals surface area contributed by atoms with Crippen molar-refractivity contribution in [2.24, 2.45) is 0 Å². The molecular weight excluding hydrogens is 646 g/mol. The summed E-state index contributed by atoms with van der Waals surface area (Å²) in [6.07, 6.45) is 0.399. The van der Waals surface area contributed by atoms with E-state index in [4.69, 9.17) is 46.4 Å². The van der Waals surface area contributed by atoms with Crippen LogP contribution in [-0.2, 0) is 29.3 Å². The van der Waals surface area contributed by atoms with Crippen LogP contribution in [0.5, 0.6) is 0 Å². The molecule has 2 heterocycles. The third-order valence-corrected chi connectivity index (χ3v) is 11.8. The van der Waals surface area contributed by atoms with Crippen LogP contribution in [0.2, 0.25) is 20.1 Å². The highest BCUT2D eigenvalue weighted by molar-refractivity contribution is 7.91. The van der Waals surface area contributed by atoms with Gasteiger partial charge in [-0.1, -0.05) is 58.5 Å².